The molecule has 1 unspecified atom stereocenters. The third kappa shape index (κ3) is 1.16. The fourth-order valence-electron chi connectivity index (χ4n) is 1.98. The second-order valence-electron chi connectivity index (χ2n) is 3.74. The summed E-state index contributed by atoms with van der Waals surface area (Å²) >= 11 is 1.58. The molecule has 0 bridgehead atoms. The van der Waals surface area contributed by atoms with E-state index in [1.807, 2.05) is 22.1 Å². The highest BCUT2D eigenvalue weighted by molar-refractivity contribution is 7.17. The predicted octanol–water partition coefficient (Wildman–Crippen LogP) is 0.300. The lowest BCUT2D eigenvalue weighted by atomic mass is 10.2. The van der Waals surface area contributed by atoms with Gasteiger partial charge in [0.25, 0.3) is 5.91 Å². The van der Waals surface area contributed by atoms with Gasteiger partial charge in [0, 0.05) is 0 Å². The number of primary amides is 1. The highest BCUT2D eigenvalue weighted by Gasteiger charge is 2.29. The van der Waals surface area contributed by atoms with Gasteiger partial charge in [-0.3, -0.25) is 9.59 Å². The Morgan fingerprint density at radius 1 is 1.62 bits per heavy atom. The van der Waals surface area contributed by atoms with Crippen molar-refractivity contribution in [3.8, 4) is 0 Å². The molecule has 0 aromatic carbocycles. The van der Waals surface area contributed by atoms with Gasteiger partial charge >= 0.3 is 0 Å². The van der Waals surface area contributed by atoms with E-state index >= 15 is 0 Å². The molecule has 0 radical (unpaired) electrons. The zero-order chi connectivity index (χ0) is 11.3. The number of nitrogens with zero attached hydrogens (tertiary/aromatic N) is 1. The smallest absolute Gasteiger partial charge is 0.268 e. The minimum absolute atomic E-state index is 0.238. The van der Waals surface area contributed by atoms with Crippen LogP contribution < -0.4 is 11.1 Å². The molecule has 3 rings (SSSR count). The van der Waals surface area contributed by atoms with Gasteiger partial charge < -0.3 is 15.6 Å². The van der Waals surface area contributed by atoms with Crippen molar-refractivity contribution in [2.75, 3.05) is 0 Å². The third-order valence-electron chi connectivity index (χ3n) is 2.77. The van der Waals surface area contributed by atoms with Crippen LogP contribution in [0.2, 0.25) is 0 Å². The number of nitrogens with two attached hydrogens (primary N) is 1. The molecule has 0 fully saturated rings. The quantitative estimate of drug-likeness (QED) is 0.745. The lowest BCUT2D eigenvalue weighted by Gasteiger charge is -2.23. The maximum absolute atomic E-state index is 11.7. The average Bonchev–Trinajstić information content (AvgIpc) is 2.78. The minimum atomic E-state index is -0.615. The van der Waals surface area contributed by atoms with E-state index in [1.54, 1.807) is 11.3 Å². The van der Waals surface area contributed by atoms with Crippen LogP contribution in [0.25, 0.3) is 10.2 Å². The van der Waals surface area contributed by atoms with E-state index in [2.05, 4.69) is 5.32 Å². The summed E-state index contributed by atoms with van der Waals surface area (Å²) < 4.78 is 2.90. The number of carbonyl (C=O) groups is 2. The Kier molecular flexibility index (Phi) is 1.81. The van der Waals surface area contributed by atoms with E-state index in [1.165, 1.54) is 0 Å². The molecule has 0 aliphatic carbocycles. The molecule has 0 spiro atoms. The number of aromatic nitrogens is 1. The van der Waals surface area contributed by atoms with Gasteiger partial charge in [0.15, 0.2) is 0 Å². The van der Waals surface area contributed by atoms with Crippen molar-refractivity contribution < 1.29 is 9.59 Å². The van der Waals surface area contributed by atoms with Crippen molar-refractivity contribution in [1.29, 1.82) is 0 Å². The molecule has 1 atom stereocenters. The molecule has 82 valence electrons. The van der Waals surface area contributed by atoms with Gasteiger partial charge in [-0.1, -0.05) is 0 Å². The Morgan fingerprint density at radius 2 is 2.44 bits per heavy atom. The van der Waals surface area contributed by atoms with Gasteiger partial charge in [0.2, 0.25) is 5.91 Å². The fourth-order valence-corrected chi connectivity index (χ4v) is 2.81. The number of fused-ring (bicyclic) bond motifs is 3. The van der Waals surface area contributed by atoms with Crippen molar-refractivity contribution >= 4 is 33.4 Å². The van der Waals surface area contributed by atoms with Crippen molar-refractivity contribution in [3.05, 3.63) is 23.2 Å². The molecule has 2 amide bonds. The van der Waals surface area contributed by atoms with Crippen LogP contribution in [0.15, 0.2) is 17.5 Å². The predicted molar refractivity (Wildman–Crippen MR) is 60.3 cm³/mol. The number of rotatable bonds is 1. The van der Waals surface area contributed by atoms with Crippen LogP contribution in [0.4, 0.5) is 0 Å². The van der Waals surface area contributed by atoms with E-state index in [4.69, 9.17) is 5.73 Å². The monoisotopic (exact) mass is 235 g/mol. The van der Waals surface area contributed by atoms with Crippen molar-refractivity contribution in [2.24, 2.45) is 5.73 Å². The molecule has 3 heterocycles. The van der Waals surface area contributed by atoms with E-state index in [0.29, 0.717) is 12.2 Å². The van der Waals surface area contributed by atoms with E-state index in [-0.39, 0.29) is 5.91 Å². The summed E-state index contributed by atoms with van der Waals surface area (Å²) in [4.78, 5) is 22.8. The standard InChI is InChI=1S/C10H9N3O2S/c11-9(14)5-4-13-6-1-2-16-8(6)3-7(13)10(15)12-5/h1-3,5H,4H2,(H2,11,14)(H,12,15). The van der Waals surface area contributed by atoms with Gasteiger partial charge in [-0.05, 0) is 17.5 Å². The molecule has 2 aromatic rings. The van der Waals surface area contributed by atoms with Gasteiger partial charge in [-0.15, -0.1) is 11.3 Å². The number of hydrogen-bond acceptors (Lipinski definition) is 3. The summed E-state index contributed by atoms with van der Waals surface area (Å²) in [6.45, 7) is 0.413. The second-order valence-corrected chi connectivity index (χ2v) is 4.69. The molecule has 0 saturated carbocycles. The Hall–Kier alpha value is -1.82. The summed E-state index contributed by atoms with van der Waals surface area (Å²) in [6, 6.07) is 3.17. The molecular formula is C10H9N3O2S. The first-order chi connectivity index (χ1) is 7.66. The zero-order valence-corrected chi connectivity index (χ0v) is 9.08. The van der Waals surface area contributed by atoms with Gasteiger partial charge in [0.05, 0.1) is 16.8 Å². The van der Waals surface area contributed by atoms with E-state index < -0.39 is 11.9 Å². The minimum Gasteiger partial charge on any atom is -0.368 e. The first-order valence-corrected chi connectivity index (χ1v) is 5.71. The van der Waals surface area contributed by atoms with Crippen molar-refractivity contribution in [1.82, 2.24) is 9.88 Å². The number of nitrogens with one attached hydrogen (secondary N) is 1. The molecule has 5 nitrogen and oxygen atoms in total. The zero-order valence-electron chi connectivity index (χ0n) is 8.27. The lowest BCUT2D eigenvalue weighted by Crippen LogP contribution is -2.51. The molecule has 16 heavy (non-hydrogen) atoms. The number of hydrogen-bond donors (Lipinski definition) is 2. The molecule has 2 aromatic heterocycles. The van der Waals surface area contributed by atoms with Crippen LogP contribution in [0.5, 0.6) is 0 Å². The molecule has 1 aliphatic heterocycles. The summed E-state index contributed by atoms with van der Waals surface area (Å²) in [5, 5.41) is 4.56. The molecule has 6 heteroatoms. The number of carbonyl (C=O) groups excluding carboxylic acids is 2. The maximum Gasteiger partial charge on any atom is 0.268 e. The number of thiophene rings is 1. The Labute approximate surface area is 94.8 Å². The van der Waals surface area contributed by atoms with Crippen molar-refractivity contribution in [2.45, 2.75) is 12.6 Å². The highest BCUT2D eigenvalue weighted by Crippen LogP contribution is 2.27. The maximum atomic E-state index is 11.7. The van der Waals surface area contributed by atoms with E-state index in [0.717, 1.165) is 10.2 Å². The SMILES string of the molecule is NC(=O)C1Cn2c(cc3sccc32)C(=O)N1. The Morgan fingerprint density at radius 3 is 3.19 bits per heavy atom. The van der Waals surface area contributed by atoms with Crippen LogP contribution in [0.1, 0.15) is 10.5 Å². The van der Waals surface area contributed by atoms with Crippen LogP contribution >= 0.6 is 11.3 Å². The van der Waals surface area contributed by atoms with Crippen LogP contribution in [-0.2, 0) is 11.3 Å². The summed E-state index contributed by atoms with van der Waals surface area (Å²) in [7, 11) is 0. The van der Waals surface area contributed by atoms with Gasteiger partial charge in [-0.2, -0.15) is 0 Å². The third-order valence-corrected chi connectivity index (χ3v) is 3.62. The topological polar surface area (TPSA) is 77.1 Å². The first-order valence-electron chi connectivity index (χ1n) is 4.84. The summed E-state index contributed by atoms with van der Waals surface area (Å²) in [6.07, 6.45) is 0. The van der Waals surface area contributed by atoms with Crippen LogP contribution in [0.3, 0.4) is 0 Å². The Balaban J connectivity index is 2.17. The normalized spacial score (nSPS) is 19.5. The summed E-state index contributed by atoms with van der Waals surface area (Å²) in [5.41, 5.74) is 6.79. The number of amides is 2. The molecular weight excluding hydrogens is 226 g/mol. The van der Waals surface area contributed by atoms with Gasteiger partial charge in [-0.25, -0.2) is 0 Å². The molecule has 0 saturated heterocycles. The molecule has 1 aliphatic rings. The van der Waals surface area contributed by atoms with E-state index in [9.17, 15) is 9.59 Å². The summed E-state index contributed by atoms with van der Waals surface area (Å²) in [5.74, 6) is -0.741. The lowest BCUT2D eigenvalue weighted by molar-refractivity contribution is -0.120. The first kappa shape index (κ1) is 9.41. The van der Waals surface area contributed by atoms with Crippen LogP contribution in [-0.4, -0.2) is 22.4 Å². The average molecular weight is 235 g/mol. The van der Waals surface area contributed by atoms with Gasteiger partial charge in [0.1, 0.15) is 11.7 Å². The molecule has 3 N–H and O–H groups in total. The van der Waals surface area contributed by atoms with Crippen molar-refractivity contribution in [3.63, 3.8) is 0 Å². The highest BCUT2D eigenvalue weighted by atomic mass is 32.1. The Bertz CT molecular complexity index is 598. The van der Waals surface area contributed by atoms with Crippen LogP contribution in [0, 0.1) is 0 Å². The fraction of sp³-hybridized carbons (Fsp3) is 0.200. The largest absolute Gasteiger partial charge is 0.368 e. The second kappa shape index (κ2) is 3.08.